The largest absolute Gasteiger partial charge is 1.00 e. The summed E-state index contributed by atoms with van der Waals surface area (Å²) in [6.07, 6.45) is 0. The molecule has 0 saturated heterocycles. The van der Waals surface area contributed by atoms with Crippen molar-refractivity contribution in [3.05, 3.63) is 21.0 Å². The summed E-state index contributed by atoms with van der Waals surface area (Å²) in [6.45, 7) is 0. The minimum atomic E-state index is 0. The van der Waals surface area contributed by atoms with Crippen LogP contribution in [0.4, 0.5) is 0 Å². The number of nitrogens with zero attached hydrogens (tertiary/aromatic N) is 1. The molecule has 0 aliphatic carbocycles. The van der Waals surface area contributed by atoms with Crippen molar-refractivity contribution < 1.29 is 68.8 Å². The quantitative estimate of drug-likeness (QED) is 0.356. The Labute approximate surface area is 132 Å². The minimum absolute atomic E-state index is 0. The Morgan fingerprint density at radius 1 is 1.64 bits per heavy atom. The summed E-state index contributed by atoms with van der Waals surface area (Å²) in [4.78, 5) is 3.72. The Hall–Kier alpha value is 1.74. The van der Waals surface area contributed by atoms with Crippen molar-refractivity contribution in [3.8, 4) is 5.75 Å². The summed E-state index contributed by atoms with van der Waals surface area (Å²) in [6, 6.07) is 3.93. The van der Waals surface area contributed by atoms with E-state index in [4.69, 9.17) is 16.7 Å². The Morgan fingerprint density at radius 3 is 2.55 bits per heavy atom. The fourth-order valence-corrected chi connectivity index (χ4v) is 1.04. The molecule has 0 aliphatic heterocycles. The van der Waals surface area contributed by atoms with Crippen LogP contribution in [0.3, 0.4) is 0 Å². The molecule has 1 rings (SSSR count). The van der Waals surface area contributed by atoms with Gasteiger partial charge in [-0.3, -0.25) is 4.98 Å². The van der Waals surface area contributed by atoms with Crippen LogP contribution in [-0.2, 0) is 0 Å². The van der Waals surface area contributed by atoms with E-state index in [9.17, 15) is 0 Å². The monoisotopic (exact) mass is 356 g/mol. The van der Waals surface area contributed by atoms with Crippen LogP contribution in [0.5, 0.6) is 5.75 Å². The second kappa shape index (κ2) is 7.17. The number of hydrogen-bond donors (Lipinski definition) is 1. The van der Waals surface area contributed by atoms with E-state index in [0.717, 1.165) is 0 Å². The molecule has 1 aromatic rings. The molecule has 1 aromatic heterocycles. The number of pyridine rings is 1. The van der Waals surface area contributed by atoms with Gasteiger partial charge in [0.05, 0.1) is 3.70 Å². The summed E-state index contributed by atoms with van der Waals surface area (Å²) in [7, 11) is 0. The van der Waals surface area contributed by atoms with Crippen LogP contribution >= 0.6 is 34.2 Å². The molecule has 0 aliphatic rings. The average molecular weight is 357 g/mol. The molecule has 0 amide bonds. The first-order valence-corrected chi connectivity index (χ1v) is 3.58. The van der Waals surface area contributed by atoms with Crippen molar-refractivity contribution in [2.24, 2.45) is 0 Å². The third-order valence-corrected chi connectivity index (χ3v) is 1.72. The second-order valence-corrected chi connectivity index (χ2v) is 2.75. The van der Waals surface area contributed by atoms with Crippen LogP contribution < -0.4 is 58.2 Å². The Morgan fingerprint density at radius 2 is 2.18 bits per heavy atom. The zero-order valence-electron chi connectivity index (χ0n) is 5.67. The molecule has 0 fully saturated rings. The molecule has 56 valence electrons. The molecule has 2 N–H and O–H groups in total. The molecule has 0 saturated carbocycles. The summed E-state index contributed by atoms with van der Waals surface area (Å²) < 4.78 is 0.497. The smallest absolute Gasteiger partial charge is 0.870 e. The van der Waals surface area contributed by atoms with Gasteiger partial charge in [-0.15, -0.1) is 0 Å². The molecule has 0 spiro atoms. The first-order chi connectivity index (χ1) is 4.20. The van der Waals surface area contributed by atoms with Crippen molar-refractivity contribution in [2.45, 2.75) is 0 Å². The fourth-order valence-electron chi connectivity index (χ4n) is 0.363. The summed E-state index contributed by atoms with van der Waals surface area (Å²) in [5.41, 5.74) is 0. The van der Waals surface area contributed by atoms with Crippen LogP contribution in [-0.4, -0.2) is 15.6 Å². The molecule has 0 atom stereocenters. The molecule has 6 heteroatoms. The van der Waals surface area contributed by atoms with Crippen molar-refractivity contribution in [2.75, 3.05) is 0 Å². The van der Waals surface area contributed by atoms with E-state index >= 15 is 0 Å². The van der Waals surface area contributed by atoms with Crippen molar-refractivity contribution in [1.29, 1.82) is 0 Å². The molecule has 1 heterocycles. The predicted octanol–water partition coefficient (Wildman–Crippen LogP) is -1.33. The van der Waals surface area contributed by atoms with Crippen LogP contribution in [0.15, 0.2) is 6.07 Å². The SMILES string of the molecule is Oc1c[c-]c(Cl)nc1I.[OH-].[Rb+]. The van der Waals surface area contributed by atoms with E-state index < -0.39 is 0 Å². The van der Waals surface area contributed by atoms with Gasteiger partial charge in [0, 0.05) is 5.15 Å². The summed E-state index contributed by atoms with van der Waals surface area (Å²) in [5, 5.41) is 9.16. The van der Waals surface area contributed by atoms with Crippen molar-refractivity contribution in [3.63, 3.8) is 0 Å². The molecule has 11 heavy (non-hydrogen) atoms. The summed E-state index contributed by atoms with van der Waals surface area (Å²) >= 11 is 7.32. The molecule has 0 radical (unpaired) electrons. The Kier molecular flexibility index (Phi) is 9.92. The number of halogens is 2. The van der Waals surface area contributed by atoms with E-state index in [0.29, 0.717) is 3.70 Å². The second-order valence-electron chi connectivity index (χ2n) is 1.37. The van der Waals surface area contributed by atoms with E-state index in [1.807, 2.05) is 22.6 Å². The fraction of sp³-hybridized carbons (Fsp3) is 0. The summed E-state index contributed by atoms with van der Waals surface area (Å²) in [5.74, 6) is 0.111. The van der Waals surface area contributed by atoms with Crippen LogP contribution in [0.1, 0.15) is 0 Å². The molecule has 3 nitrogen and oxygen atoms in total. The van der Waals surface area contributed by atoms with Crippen LogP contribution in [0.25, 0.3) is 0 Å². The molecule has 0 unspecified atom stereocenters. The maximum Gasteiger partial charge on any atom is 1.00 e. The first-order valence-electron chi connectivity index (χ1n) is 2.13. The van der Waals surface area contributed by atoms with Gasteiger partial charge in [-0.2, -0.15) is 6.07 Å². The van der Waals surface area contributed by atoms with E-state index in [1.165, 1.54) is 6.07 Å². The Balaban J connectivity index is 0. The zero-order valence-corrected chi connectivity index (χ0v) is 13.5. The predicted molar refractivity (Wildman–Crippen MR) is 44.4 cm³/mol. The number of hydrogen-bond acceptors (Lipinski definition) is 3. The molecular weight excluding hydrogens is 354 g/mol. The minimum Gasteiger partial charge on any atom is -0.870 e. The van der Waals surface area contributed by atoms with E-state index in [1.54, 1.807) is 0 Å². The van der Waals surface area contributed by atoms with Gasteiger partial charge < -0.3 is 10.6 Å². The van der Waals surface area contributed by atoms with Crippen LogP contribution in [0, 0.1) is 9.77 Å². The number of rotatable bonds is 0. The van der Waals surface area contributed by atoms with Gasteiger partial charge >= 0.3 is 58.2 Å². The maximum atomic E-state index is 8.88. The molecule has 0 bridgehead atoms. The Bertz CT molecular complexity index is 236. The van der Waals surface area contributed by atoms with Gasteiger partial charge in [0.15, 0.2) is 0 Å². The zero-order chi connectivity index (χ0) is 6.85. The third kappa shape index (κ3) is 5.12. The van der Waals surface area contributed by atoms with Gasteiger partial charge in [-0.25, -0.2) is 6.07 Å². The van der Waals surface area contributed by atoms with Gasteiger partial charge in [0.1, 0.15) is 0 Å². The van der Waals surface area contributed by atoms with Crippen molar-refractivity contribution in [1.82, 2.24) is 4.98 Å². The van der Waals surface area contributed by atoms with E-state index in [2.05, 4.69) is 11.1 Å². The van der Waals surface area contributed by atoms with Crippen LogP contribution in [0.2, 0.25) is 5.15 Å². The maximum absolute atomic E-state index is 8.88. The van der Waals surface area contributed by atoms with Gasteiger partial charge in [0.25, 0.3) is 0 Å². The molecule has 0 aromatic carbocycles. The van der Waals surface area contributed by atoms with Gasteiger partial charge in [-0.1, -0.05) is 11.6 Å². The standard InChI is InChI=1S/C5H2ClINO.H2O.Rb/c6-4-2-1-3(9)5(7)8-4;;/h1,9H;1H2;/q-1;;+1/p-1. The number of aromatic nitrogens is 1. The molecular formula is C5H3ClINO2Rb-. The average Bonchev–Trinajstić information content (AvgIpc) is 1.80. The van der Waals surface area contributed by atoms with E-state index in [-0.39, 0.29) is 74.6 Å². The number of aromatic hydroxyl groups is 1. The third-order valence-electron chi connectivity index (χ3n) is 0.736. The first kappa shape index (κ1) is 15.2. The van der Waals surface area contributed by atoms with Gasteiger partial charge in [-0.05, 0) is 28.3 Å². The topological polar surface area (TPSA) is 63.1 Å². The normalized spacial score (nSPS) is 7.82. The van der Waals surface area contributed by atoms with Gasteiger partial charge in [0.2, 0.25) is 0 Å². The van der Waals surface area contributed by atoms with Crippen molar-refractivity contribution >= 4 is 34.2 Å².